The first-order chi connectivity index (χ1) is 5.04. The van der Waals surface area contributed by atoms with E-state index in [9.17, 15) is 0 Å². The van der Waals surface area contributed by atoms with Crippen LogP contribution in [0.2, 0.25) is 5.15 Å². The van der Waals surface area contributed by atoms with Crippen LogP contribution < -0.4 is 0 Å². The second-order valence-corrected chi connectivity index (χ2v) is 2.23. The van der Waals surface area contributed by atoms with Crippen molar-refractivity contribution in [1.82, 2.24) is 4.98 Å². The molecule has 0 amide bonds. The Bertz CT molecular complexity index is 278. The molecule has 0 N–H and O–H groups in total. The van der Waals surface area contributed by atoms with Gasteiger partial charge in [-0.2, -0.15) is 0 Å². The molecule has 3 heteroatoms. The fraction of sp³-hybridized carbons (Fsp3) is 0. The number of aromatic nitrogens is 1. The van der Waals surface area contributed by atoms with Crippen LogP contribution in [0.4, 0.5) is 0 Å². The Morgan fingerprint density at radius 2 is 2.50 bits per heavy atom. The van der Waals surface area contributed by atoms with Gasteiger partial charge in [0.05, 0.1) is 4.11 Å². The van der Waals surface area contributed by atoms with Crippen LogP contribution >= 0.6 is 27.5 Å². The van der Waals surface area contributed by atoms with E-state index in [1.54, 1.807) is 0 Å². The number of pyridine rings is 1. The summed E-state index contributed by atoms with van der Waals surface area (Å²) in [5.41, 5.74) is 0. The second kappa shape index (κ2) is 2.46. The molecule has 1 nitrogen and oxygen atoms in total. The molecule has 0 saturated carbocycles. The standard InChI is InChI=1S/C5H3BrClN/c6-4-1-2-5(7)8-3-4/h1-3H/i1D,2D,3D. The Kier molecular flexibility index (Phi) is 0.980. The lowest BCUT2D eigenvalue weighted by molar-refractivity contribution is 1.31. The van der Waals surface area contributed by atoms with Gasteiger partial charge in [0.1, 0.15) is 5.15 Å². The summed E-state index contributed by atoms with van der Waals surface area (Å²) in [5.74, 6) is 0. The highest BCUT2D eigenvalue weighted by Gasteiger charge is 1.84. The summed E-state index contributed by atoms with van der Waals surface area (Å²) in [4.78, 5) is 3.51. The van der Waals surface area contributed by atoms with Gasteiger partial charge in [-0.25, -0.2) is 4.98 Å². The molecular formula is C5H3BrClN. The third-order valence-corrected chi connectivity index (χ3v) is 1.08. The van der Waals surface area contributed by atoms with Gasteiger partial charge in [0.2, 0.25) is 0 Å². The highest BCUT2D eigenvalue weighted by Crippen LogP contribution is 2.09. The van der Waals surface area contributed by atoms with Crippen molar-refractivity contribution in [1.29, 1.82) is 0 Å². The minimum atomic E-state index is -0.158. The molecule has 42 valence electrons. The lowest BCUT2D eigenvalue weighted by Gasteiger charge is -1.85. The van der Waals surface area contributed by atoms with Gasteiger partial charge in [-0.05, 0) is 28.0 Å². The maximum absolute atomic E-state index is 7.25. The molecular weight excluding hydrogens is 189 g/mol. The van der Waals surface area contributed by atoms with Crippen molar-refractivity contribution in [3.63, 3.8) is 0 Å². The van der Waals surface area contributed by atoms with Gasteiger partial charge in [-0.3, -0.25) is 0 Å². The maximum atomic E-state index is 7.25. The second-order valence-electron chi connectivity index (χ2n) is 1.08. The first-order valence-electron chi connectivity index (χ1n) is 3.33. The van der Waals surface area contributed by atoms with E-state index in [2.05, 4.69) is 20.9 Å². The minimum Gasteiger partial charge on any atom is -0.243 e. The van der Waals surface area contributed by atoms with E-state index in [0.29, 0.717) is 0 Å². The van der Waals surface area contributed by atoms with Crippen LogP contribution in [0, 0.1) is 0 Å². The highest BCUT2D eigenvalue weighted by atomic mass is 79.9. The molecule has 1 aromatic rings. The van der Waals surface area contributed by atoms with Gasteiger partial charge in [-0.1, -0.05) is 11.6 Å². The summed E-state index contributed by atoms with van der Waals surface area (Å²) in [6, 6.07) is -0.260. The zero-order chi connectivity index (χ0) is 8.59. The largest absolute Gasteiger partial charge is 0.243 e. The van der Waals surface area contributed by atoms with Gasteiger partial charge in [0.25, 0.3) is 0 Å². The Hall–Kier alpha value is -0.0800. The smallest absolute Gasteiger partial charge is 0.129 e. The molecule has 8 heavy (non-hydrogen) atoms. The van der Waals surface area contributed by atoms with Crippen molar-refractivity contribution in [2.45, 2.75) is 0 Å². The van der Waals surface area contributed by atoms with Gasteiger partial charge in [0.15, 0.2) is 0 Å². The van der Waals surface area contributed by atoms with Gasteiger partial charge < -0.3 is 0 Å². The average Bonchev–Trinajstić information content (AvgIpc) is 1.97. The molecule has 0 aromatic carbocycles. The fourth-order valence-electron chi connectivity index (χ4n) is 0.261. The van der Waals surface area contributed by atoms with E-state index >= 15 is 0 Å². The average molecular weight is 195 g/mol. The summed E-state index contributed by atoms with van der Waals surface area (Å²) < 4.78 is 21.8. The third kappa shape index (κ3) is 1.46. The van der Waals surface area contributed by atoms with Gasteiger partial charge in [-0.15, -0.1) is 0 Å². The zero-order valence-electron chi connectivity index (χ0n) is 6.70. The van der Waals surface area contributed by atoms with E-state index < -0.39 is 0 Å². The minimum absolute atomic E-state index is 0.102. The molecule has 0 aliphatic heterocycles. The molecule has 0 unspecified atom stereocenters. The number of nitrogens with zero attached hydrogens (tertiary/aromatic N) is 1. The predicted molar refractivity (Wildman–Crippen MR) is 36.9 cm³/mol. The normalized spacial score (nSPS) is 14.5. The first-order valence-corrected chi connectivity index (χ1v) is 3.00. The van der Waals surface area contributed by atoms with Crippen LogP contribution in [0.1, 0.15) is 4.11 Å². The topological polar surface area (TPSA) is 12.9 Å². The van der Waals surface area contributed by atoms with Gasteiger partial charge >= 0.3 is 0 Å². The Morgan fingerprint density at radius 3 is 3.25 bits per heavy atom. The molecule has 0 radical (unpaired) electrons. The van der Waals surface area contributed by atoms with Crippen molar-refractivity contribution in [3.05, 3.63) is 27.9 Å². The summed E-state index contributed by atoms with van der Waals surface area (Å²) in [6.07, 6.45) is -0.115. The quantitative estimate of drug-likeness (QED) is 0.580. The zero-order valence-corrected chi connectivity index (χ0v) is 6.05. The molecule has 1 aromatic heterocycles. The van der Waals surface area contributed by atoms with E-state index in [-0.39, 0.29) is 27.9 Å². The maximum Gasteiger partial charge on any atom is 0.129 e. The lowest BCUT2D eigenvalue weighted by Crippen LogP contribution is -1.69. The summed E-state index contributed by atoms with van der Waals surface area (Å²) >= 11 is 8.38. The molecule has 1 heterocycles. The molecule has 0 aliphatic rings. The van der Waals surface area contributed by atoms with E-state index in [1.165, 1.54) is 0 Å². The van der Waals surface area contributed by atoms with Crippen molar-refractivity contribution in [2.75, 3.05) is 0 Å². The van der Waals surface area contributed by atoms with Gasteiger partial charge in [0, 0.05) is 10.6 Å². The number of halogens is 2. The van der Waals surface area contributed by atoms with E-state index in [1.807, 2.05) is 0 Å². The van der Waals surface area contributed by atoms with Crippen molar-refractivity contribution < 1.29 is 4.11 Å². The summed E-state index contributed by atoms with van der Waals surface area (Å²) in [6.45, 7) is 0. The summed E-state index contributed by atoms with van der Waals surface area (Å²) in [5, 5.41) is -0.108. The number of hydrogen-bond acceptors (Lipinski definition) is 1. The molecule has 0 bridgehead atoms. The third-order valence-electron chi connectivity index (χ3n) is 0.528. The Balaban J connectivity index is 3.46. The monoisotopic (exact) mass is 194 g/mol. The van der Waals surface area contributed by atoms with Crippen molar-refractivity contribution in [3.8, 4) is 0 Å². The Labute approximate surface area is 65.0 Å². The number of rotatable bonds is 0. The van der Waals surface area contributed by atoms with Crippen LogP contribution in [0.3, 0.4) is 0 Å². The summed E-state index contributed by atoms with van der Waals surface area (Å²) in [7, 11) is 0. The SMILES string of the molecule is [2H]c1nc(Cl)c([2H])c([2H])c1Br. The predicted octanol–water partition coefficient (Wildman–Crippen LogP) is 2.50. The molecule has 0 atom stereocenters. The van der Waals surface area contributed by atoms with Crippen molar-refractivity contribution in [2.24, 2.45) is 0 Å². The fourth-order valence-corrected chi connectivity index (χ4v) is 0.538. The molecule has 0 saturated heterocycles. The van der Waals surface area contributed by atoms with Crippen LogP contribution in [-0.2, 0) is 0 Å². The van der Waals surface area contributed by atoms with E-state index in [4.69, 9.17) is 15.7 Å². The van der Waals surface area contributed by atoms with E-state index in [0.717, 1.165) is 0 Å². The molecule has 0 fully saturated rings. The van der Waals surface area contributed by atoms with Crippen LogP contribution in [0.15, 0.2) is 22.7 Å². The van der Waals surface area contributed by atoms with Crippen molar-refractivity contribution >= 4 is 27.5 Å². The lowest BCUT2D eigenvalue weighted by atomic mass is 10.5. The Morgan fingerprint density at radius 1 is 1.75 bits per heavy atom. The van der Waals surface area contributed by atoms with Crippen LogP contribution in [0.25, 0.3) is 0 Å². The number of hydrogen-bond donors (Lipinski definition) is 0. The molecule has 0 aliphatic carbocycles. The highest BCUT2D eigenvalue weighted by molar-refractivity contribution is 9.10. The molecule has 0 spiro atoms. The van der Waals surface area contributed by atoms with Crippen LogP contribution in [0.5, 0.6) is 0 Å². The first kappa shape index (κ1) is 3.18. The molecule has 1 rings (SSSR count). The van der Waals surface area contributed by atoms with Crippen LogP contribution in [-0.4, -0.2) is 4.98 Å².